The molecule has 0 radical (unpaired) electrons. The minimum Gasteiger partial charge on any atom is -0.398 e. The lowest BCUT2D eigenvalue weighted by Gasteiger charge is -2.18. The number of aromatic nitrogens is 1. The molecule has 0 aliphatic heterocycles. The predicted octanol–water partition coefficient (Wildman–Crippen LogP) is 3.26. The predicted molar refractivity (Wildman–Crippen MR) is 70.0 cm³/mol. The van der Waals surface area contributed by atoms with Gasteiger partial charge in [-0.25, -0.2) is 4.39 Å². The Morgan fingerprint density at radius 2 is 1.94 bits per heavy atom. The largest absolute Gasteiger partial charge is 0.398 e. The van der Waals surface area contributed by atoms with Crippen LogP contribution in [0.1, 0.15) is 24.1 Å². The first kappa shape index (κ1) is 12.1. The van der Waals surface area contributed by atoms with Crippen LogP contribution in [0.15, 0.2) is 18.2 Å². The number of benzene rings is 1. The number of hydrogen-bond donors (Lipinski definition) is 1. The summed E-state index contributed by atoms with van der Waals surface area (Å²) in [5.74, 6) is -0.253. The van der Waals surface area contributed by atoms with Gasteiger partial charge in [-0.2, -0.15) is 0 Å². The van der Waals surface area contributed by atoms with Crippen molar-refractivity contribution in [1.82, 2.24) is 4.98 Å². The van der Waals surface area contributed by atoms with Crippen LogP contribution < -0.4 is 5.73 Å². The van der Waals surface area contributed by atoms with Gasteiger partial charge in [-0.3, -0.25) is 4.98 Å². The van der Waals surface area contributed by atoms with Gasteiger partial charge in [0.1, 0.15) is 5.82 Å². The summed E-state index contributed by atoms with van der Waals surface area (Å²) in [5, 5.41) is 0.751. The molecule has 0 saturated heterocycles. The molecule has 0 spiro atoms. The van der Waals surface area contributed by atoms with Crippen LogP contribution in [0.5, 0.6) is 0 Å². The van der Waals surface area contributed by atoms with E-state index >= 15 is 0 Å². The number of nitrogens with zero attached hydrogens (tertiary/aromatic N) is 1. The highest BCUT2D eigenvalue weighted by Crippen LogP contribution is 2.31. The molecule has 2 aromatic rings. The third-order valence-electron chi connectivity index (χ3n) is 3.27. The van der Waals surface area contributed by atoms with Crippen molar-refractivity contribution in [2.45, 2.75) is 25.7 Å². The second kappa shape index (κ2) is 4.49. The second-order valence-electron chi connectivity index (χ2n) is 4.32. The van der Waals surface area contributed by atoms with Gasteiger partial charge < -0.3 is 5.73 Å². The van der Waals surface area contributed by atoms with Gasteiger partial charge in [0.25, 0.3) is 0 Å². The Morgan fingerprint density at radius 3 is 2.76 bits per heavy atom. The number of halogens is 2. The first-order chi connectivity index (χ1) is 7.75. The summed E-state index contributed by atoms with van der Waals surface area (Å²) in [4.78, 5) is 4.57. The molecule has 2 N–H and O–H groups in total. The number of fused-ring (bicyclic) bond motifs is 2. The van der Waals surface area contributed by atoms with E-state index in [1.165, 1.54) is 18.6 Å². The van der Waals surface area contributed by atoms with Gasteiger partial charge in [0, 0.05) is 16.8 Å². The zero-order valence-corrected chi connectivity index (χ0v) is 10.2. The van der Waals surface area contributed by atoms with E-state index in [1.807, 2.05) is 0 Å². The number of anilines is 1. The molecule has 0 bridgehead atoms. The maximum atomic E-state index is 13.2. The summed E-state index contributed by atoms with van der Waals surface area (Å²) in [6, 6.07) is 4.62. The zero-order chi connectivity index (χ0) is 11.1. The van der Waals surface area contributed by atoms with Crippen molar-refractivity contribution in [2.24, 2.45) is 0 Å². The Bertz CT molecular complexity index is 569. The van der Waals surface area contributed by atoms with Gasteiger partial charge in [0.05, 0.1) is 5.52 Å². The van der Waals surface area contributed by atoms with Crippen LogP contribution in [0.3, 0.4) is 0 Å². The Morgan fingerprint density at radius 1 is 1.18 bits per heavy atom. The second-order valence-corrected chi connectivity index (χ2v) is 4.32. The monoisotopic (exact) mass is 252 g/mol. The maximum absolute atomic E-state index is 13.2. The molecule has 1 aliphatic rings. The third kappa shape index (κ3) is 1.95. The molecule has 90 valence electrons. The number of nitrogen functional groups attached to an aromatic ring is 1. The highest BCUT2D eigenvalue weighted by molar-refractivity contribution is 5.92. The lowest BCUT2D eigenvalue weighted by Crippen LogP contribution is -2.09. The average molecular weight is 253 g/mol. The SMILES string of the molecule is Cl.Nc1c2c(nc3ccc(F)cc13)CCCC2. The van der Waals surface area contributed by atoms with Gasteiger partial charge in [-0.15, -0.1) is 12.4 Å². The fourth-order valence-electron chi connectivity index (χ4n) is 2.43. The molecular formula is C13H14ClFN2. The number of pyridine rings is 1. The molecule has 17 heavy (non-hydrogen) atoms. The van der Waals surface area contributed by atoms with E-state index in [0.29, 0.717) is 0 Å². The maximum Gasteiger partial charge on any atom is 0.124 e. The van der Waals surface area contributed by atoms with Crippen LogP contribution in [-0.2, 0) is 12.8 Å². The first-order valence-electron chi connectivity index (χ1n) is 5.62. The van der Waals surface area contributed by atoms with E-state index in [1.54, 1.807) is 6.07 Å². The van der Waals surface area contributed by atoms with Crippen LogP contribution in [0.4, 0.5) is 10.1 Å². The highest BCUT2D eigenvalue weighted by atomic mass is 35.5. The standard InChI is InChI=1S/C13H13FN2.ClH/c14-8-5-6-12-10(7-8)13(15)9-3-1-2-4-11(9)16-12;/h5-7H,1-4H2,(H2,15,16);1H. The van der Waals surface area contributed by atoms with Crippen molar-refractivity contribution in [2.75, 3.05) is 5.73 Å². The number of nitrogens with two attached hydrogens (primary N) is 1. The molecule has 0 atom stereocenters. The Balaban J connectivity index is 0.00000108. The Labute approximate surface area is 105 Å². The van der Waals surface area contributed by atoms with Crippen LogP contribution in [-0.4, -0.2) is 4.98 Å². The van der Waals surface area contributed by atoms with Crippen molar-refractivity contribution in [3.05, 3.63) is 35.3 Å². The molecule has 1 aromatic heterocycles. The molecule has 1 aliphatic carbocycles. The zero-order valence-electron chi connectivity index (χ0n) is 9.37. The van der Waals surface area contributed by atoms with Crippen molar-refractivity contribution in [3.63, 3.8) is 0 Å². The summed E-state index contributed by atoms with van der Waals surface area (Å²) in [6.07, 6.45) is 4.29. The van der Waals surface area contributed by atoms with E-state index in [9.17, 15) is 4.39 Å². The summed E-state index contributed by atoms with van der Waals surface area (Å²) in [6.45, 7) is 0. The molecular weight excluding hydrogens is 239 g/mol. The highest BCUT2D eigenvalue weighted by Gasteiger charge is 2.16. The third-order valence-corrected chi connectivity index (χ3v) is 3.27. The molecule has 0 unspecified atom stereocenters. The Kier molecular flexibility index (Phi) is 3.20. The molecule has 2 nitrogen and oxygen atoms in total. The molecule has 1 aromatic carbocycles. The molecule has 0 fully saturated rings. The summed E-state index contributed by atoms with van der Waals surface area (Å²) >= 11 is 0. The first-order valence-corrected chi connectivity index (χ1v) is 5.62. The van der Waals surface area contributed by atoms with Gasteiger partial charge >= 0.3 is 0 Å². The summed E-state index contributed by atoms with van der Waals surface area (Å²) in [7, 11) is 0. The van der Waals surface area contributed by atoms with Gasteiger partial charge in [0.2, 0.25) is 0 Å². The van der Waals surface area contributed by atoms with Gasteiger partial charge in [-0.1, -0.05) is 0 Å². The fraction of sp³-hybridized carbons (Fsp3) is 0.308. The van der Waals surface area contributed by atoms with E-state index in [2.05, 4.69) is 4.98 Å². The smallest absolute Gasteiger partial charge is 0.124 e. The molecule has 3 rings (SSSR count). The van der Waals surface area contributed by atoms with Crippen molar-refractivity contribution < 1.29 is 4.39 Å². The minimum absolute atomic E-state index is 0. The quantitative estimate of drug-likeness (QED) is 0.782. The van der Waals surface area contributed by atoms with Gasteiger partial charge in [-0.05, 0) is 49.4 Å². The summed E-state index contributed by atoms with van der Waals surface area (Å²) in [5.41, 5.74) is 9.86. The van der Waals surface area contributed by atoms with Crippen LogP contribution in [0, 0.1) is 5.82 Å². The van der Waals surface area contributed by atoms with E-state index in [0.717, 1.165) is 47.1 Å². The Hall–Kier alpha value is -1.35. The topological polar surface area (TPSA) is 38.9 Å². The van der Waals surface area contributed by atoms with Crippen molar-refractivity contribution in [1.29, 1.82) is 0 Å². The number of rotatable bonds is 0. The minimum atomic E-state index is -0.253. The molecule has 0 saturated carbocycles. The normalized spacial score (nSPS) is 14.2. The van der Waals surface area contributed by atoms with Crippen molar-refractivity contribution >= 4 is 29.0 Å². The van der Waals surface area contributed by atoms with Crippen molar-refractivity contribution in [3.8, 4) is 0 Å². The summed E-state index contributed by atoms with van der Waals surface area (Å²) < 4.78 is 13.2. The molecule has 4 heteroatoms. The van der Waals surface area contributed by atoms with Crippen LogP contribution >= 0.6 is 12.4 Å². The van der Waals surface area contributed by atoms with Gasteiger partial charge in [0.15, 0.2) is 0 Å². The number of aryl methyl sites for hydroxylation is 1. The fourth-order valence-corrected chi connectivity index (χ4v) is 2.43. The average Bonchev–Trinajstić information content (AvgIpc) is 2.31. The molecule has 0 amide bonds. The lowest BCUT2D eigenvalue weighted by atomic mass is 9.93. The van der Waals surface area contributed by atoms with Crippen LogP contribution in [0.25, 0.3) is 10.9 Å². The van der Waals surface area contributed by atoms with E-state index in [4.69, 9.17) is 5.73 Å². The van der Waals surface area contributed by atoms with E-state index < -0.39 is 0 Å². The lowest BCUT2D eigenvalue weighted by molar-refractivity contribution is 0.629. The number of hydrogen-bond acceptors (Lipinski definition) is 2. The molecule has 1 heterocycles. The van der Waals surface area contributed by atoms with E-state index in [-0.39, 0.29) is 18.2 Å². The van der Waals surface area contributed by atoms with Crippen LogP contribution in [0.2, 0.25) is 0 Å².